The van der Waals surface area contributed by atoms with Crippen molar-refractivity contribution in [2.24, 2.45) is 0 Å². The van der Waals surface area contributed by atoms with Gasteiger partial charge in [-0.25, -0.2) is 9.18 Å². The molecular weight excluding hydrogens is 337 g/mol. The first kappa shape index (κ1) is 19.2. The van der Waals surface area contributed by atoms with E-state index >= 15 is 0 Å². The van der Waals surface area contributed by atoms with Gasteiger partial charge in [0.15, 0.2) is 0 Å². The van der Waals surface area contributed by atoms with Gasteiger partial charge >= 0.3 is 6.03 Å². The SMILES string of the molecule is CC(C)NC(=O)Nc1ccc(NC(=O)CCOc2ccc(F)cc2)cc1. The van der Waals surface area contributed by atoms with Crippen molar-refractivity contribution in [3.05, 3.63) is 54.3 Å². The van der Waals surface area contributed by atoms with Crippen LogP contribution in [0.25, 0.3) is 0 Å². The number of ether oxygens (including phenoxy) is 1. The van der Waals surface area contributed by atoms with Gasteiger partial charge in [-0.1, -0.05) is 0 Å². The third kappa shape index (κ3) is 6.80. The lowest BCUT2D eigenvalue weighted by Gasteiger charge is -2.11. The van der Waals surface area contributed by atoms with Gasteiger partial charge in [-0.3, -0.25) is 4.79 Å². The molecule has 2 aromatic carbocycles. The summed E-state index contributed by atoms with van der Waals surface area (Å²) in [5, 5.41) is 8.17. The van der Waals surface area contributed by atoms with E-state index in [2.05, 4.69) is 16.0 Å². The predicted molar refractivity (Wildman–Crippen MR) is 98.9 cm³/mol. The normalized spacial score (nSPS) is 10.3. The molecule has 3 N–H and O–H groups in total. The zero-order chi connectivity index (χ0) is 18.9. The summed E-state index contributed by atoms with van der Waals surface area (Å²) in [5.41, 5.74) is 1.24. The Balaban J connectivity index is 1.74. The molecule has 0 aliphatic heterocycles. The number of carbonyl (C=O) groups is 2. The lowest BCUT2D eigenvalue weighted by molar-refractivity contribution is -0.116. The summed E-state index contributed by atoms with van der Waals surface area (Å²) in [4.78, 5) is 23.5. The number of hydrogen-bond acceptors (Lipinski definition) is 3. The number of hydrogen-bond donors (Lipinski definition) is 3. The minimum absolute atomic E-state index is 0.0469. The summed E-state index contributed by atoms with van der Waals surface area (Å²) in [7, 11) is 0. The second-order valence-corrected chi connectivity index (χ2v) is 5.93. The third-order valence-corrected chi connectivity index (χ3v) is 3.26. The van der Waals surface area contributed by atoms with Crippen LogP contribution < -0.4 is 20.7 Å². The molecule has 0 aromatic heterocycles. The Morgan fingerprint density at radius 3 is 2.12 bits per heavy atom. The molecule has 26 heavy (non-hydrogen) atoms. The molecule has 3 amide bonds. The molecule has 0 spiro atoms. The number of anilines is 2. The van der Waals surface area contributed by atoms with Gasteiger partial charge in [0, 0.05) is 17.4 Å². The Bertz CT molecular complexity index is 731. The second-order valence-electron chi connectivity index (χ2n) is 5.93. The summed E-state index contributed by atoms with van der Waals surface area (Å²) >= 11 is 0. The number of carbonyl (C=O) groups excluding carboxylic acids is 2. The van der Waals surface area contributed by atoms with Gasteiger partial charge < -0.3 is 20.7 Å². The van der Waals surface area contributed by atoms with Crippen molar-refractivity contribution in [1.29, 1.82) is 0 Å². The van der Waals surface area contributed by atoms with Gasteiger partial charge in [0.25, 0.3) is 0 Å². The Labute approximate surface area is 151 Å². The minimum Gasteiger partial charge on any atom is -0.493 e. The first-order chi connectivity index (χ1) is 12.4. The molecule has 2 aromatic rings. The molecule has 0 saturated carbocycles. The summed E-state index contributed by atoms with van der Waals surface area (Å²) in [6.45, 7) is 3.93. The molecule has 0 unspecified atom stereocenters. The highest BCUT2D eigenvalue weighted by atomic mass is 19.1. The molecule has 0 aliphatic rings. The molecule has 0 bridgehead atoms. The largest absolute Gasteiger partial charge is 0.493 e. The Kier molecular flexibility index (Phi) is 6.96. The third-order valence-electron chi connectivity index (χ3n) is 3.26. The average molecular weight is 359 g/mol. The predicted octanol–water partition coefficient (Wildman–Crippen LogP) is 3.76. The molecule has 0 radical (unpaired) electrons. The van der Waals surface area contributed by atoms with Crippen LogP contribution in [0.2, 0.25) is 0 Å². The van der Waals surface area contributed by atoms with Crippen LogP contribution in [0.1, 0.15) is 20.3 Å². The van der Waals surface area contributed by atoms with Crippen LogP contribution in [0.4, 0.5) is 20.6 Å². The lowest BCUT2D eigenvalue weighted by atomic mass is 10.2. The molecule has 0 heterocycles. The van der Waals surface area contributed by atoms with E-state index in [1.54, 1.807) is 24.3 Å². The van der Waals surface area contributed by atoms with Gasteiger partial charge in [0.1, 0.15) is 11.6 Å². The first-order valence-corrected chi connectivity index (χ1v) is 8.28. The number of rotatable bonds is 7. The van der Waals surface area contributed by atoms with E-state index in [4.69, 9.17) is 4.74 Å². The van der Waals surface area contributed by atoms with E-state index in [-0.39, 0.29) is 36.8 Å². The highest BCUT2D eigenvalue weighted by Gasteiger charge is 2.05. The van der Waals surface area contributed by atoms with Crippen molar-refractivity contribution in [1.82, 2.24) is 5.32 Å². The van der Waals surface area contributed by atoms with Crippen molar-refractivity contribution < 1.29 is 18.7 Å². The summed E-state index contributed by atoms with van der Waals surface area (Å²) in [5.74, 6) is -0.0330. The molecular formula is C19H22FN3O3. The van der Waals surface area contributed by atoms with Crippen molar-refractivity contribution in [2.75, 3.05) is 17.2 Å². The van der Waals surface area contributed by atoms with Crippen LogP contribution >= 0.6 is 0 Å². The standard InChI is InChI=1S/C19H22FN3O3/c1-13(2)21-19(25)23-16-7-5-15(6-8-16)22-18(24)11-12-26-17-9-3-14(20)4-10-17/h3-10,13H,11-12H2,1-2H3,(H,22,24)(H2,21,23,25). The van der Waals surface area contributed by atoms with Gasteiger partial charge in [-0.2, -0.15) is 0 Å². The van der Waals surface area contributed by atoms with Crippen LogP contribution in [-0.2, 0) is 4.79 Å². The van der Waals surface area contributed by atoms with Crippen molar-refractivity contribution in [3.63, 3.8) is 0 Å². The number of halogens is 1. The fraction of sp³-hybridized carbons (Fsp3) is 0.263. The van der Waals surface area contributed by atoms with E-state index in [0.29, 0.717) is 17.1 Å². The molecule has 7 heteroatoms. The number of nitrogens with one attached hydrogen (secondary N) is 3. The van der Waals surface area contributed by atoms with Crippen LogP contribution in [0.15, 0.2) is 48.5 Å². The zero-order valence-electron chi connectivity index (χ0n) is 14.7. The van der Waals surface area contributed by atoms with E-state index in [9.17, 15) is 14.0 Å². The quantitative estimate of drug-likeness (QED) is 0.704. The Morgan fingerprint density at radius 1 is 0.962 bits per heavy atom. The maximum Gasteiger partial charge on any atom is 0.319 e. The molecule has 2 rings (SSSR count). The van der Waals surface area contributed by atoms with Crippen molar-refractivity contribution in [3.8, 4) is 5.75 Å². The fourth-order valence-corrected chi connectivity index (χ4v) is 2.08. The maximum absolute atomic E-state index is 12.8. The number of urea groups is 1. The molecule has 0 atom stereocenters. The van der Waals surface area contributed by atoms with Gasteiger partial charge in [-0.05, 0) is 62.4 Å². The van der Waals surface area contributed by atoms with Gasteiger partial charge in [0.2, 0.25) is 5.91 Å². The second kappa shape index (κ2) is 9.41. The summed E-state index contributed by atoms with van der Waals surface area (Å²) in [6, 6.07) is 12.2. The maximum atomic E-state index is 12.8. The van der Waals surface area contributed by atoms with Crippen molar-refractivity contribution in [2.45, 2.75) is 26.3 Å². The van der Waals surface area contributed by atoms with E-state index in [1.807, 2.05) is 13.8 Å². The van der Waals surface area contributed by atoms with E-state index < -0.39 is 0 Å². The monoisotopic (exact) mass is 359 g/mol. The molecule has 0 aliphatic carbocycles. The molecule has 6 nitrogen and oxygen atoms in total. The van der Waals surface area contributed by atoms with Crippen molar-refractivity contribution >= 4 is 23.3 Å². The van der Waals surface area contributed by atoms with Gasteiger partial charge in [0.05, 0.1) is 13.0 Å². The van der Waals surface area contributed by atoms with E-state index in [0.717, 1.165) is 0 Å². The fourth-order valence-electron chi connectivity index (χ4n) is 2.08. The molecule has 0 saturated heterocycles. The molecule has 0 fully saturated rings. The topological polar surface area (TPSA) is 79.5 Å². The summed E-state index contributed by atoms with van der Waals surface area (Å²) < 4.78 is 18.2. The number of amides is 3. The smallest absolute Gasteiger partial charge is 0.319 e. The Morgan fingerprint density at radius 2 is 1.54 bits per heavy atom. The Hall–Kier alpha value is -3.09. The zero-order valence-corrected chi connectivity index (χ0v) is 14.7. The minimum atomic E-state index is -0.338. The first-order valence-electron chi connectivity index (χ1n) is 8.28. The van der Waals surface area contributed by atoms with E-state index in [1.165, 1.54) is 24.3 Å². The van der Waals surface area contributed by atoms with Crippen LogP contribution in [0.5, 0.6) is 5.75 Å². The number of benzene rings is 2. The van der Waals surface area contributed by atoms with Crippen LogP contribution in [-0.4, -0.2) is 24.6 Å². The van der Waals surface area contributed by atoms with Gasteiger partial charge in [-0.15, -0.1) is 0 Å². The molecule has 138 valence electrons. The van der Waals surface area contributed by atoms with Crippen LogP contribution in [0, 0.1) is 5.82 Å². The highest BCUT2D eigenvalue weighted by molar-refractivity contribution is 5.92. The average Bonchev–Trinajstić information content (AvgIpc) is 2.58. The highest BCUT2D eigenvalue weighted by Crippen LogP contribution is 2.14. The van der Waals surface area contributed by atoms with Crippen LogP contribution in [0.3, 0.4) is 0 Å². The lowest BCUT2D eigenvalue weighted by Crippen LogP contribution is -2.34. The summed E-state index contributed by atoms with van der Waals surface area (Å²) in [6.07, 6.45) is 0.161.